The van der Waals surface area contributed by atoms with E-state index in [1.54, 1.807) is 6.07 Å². The molecule has 0 fully saturated rings. The van der Waals surface area contributed by atoms with Crippen LogP contribution in [0.5, 0.6) is 0 Å². The summed E-state index contributed by atoms with van der Waals surface area (Å²) < 4.78 is 0. The number of carbonyl (C=O) groups excluding carboxylic acids is 1. The van der Waals surface area contributed by atoms with Crippen molar-refractivity contribution in [3.8, 4) is 0 Å². The van der Waals surface area contributed by atoms with E-state index in [4.69, 9.17) is 0 Å². The fraction of sp³-hybridized carbons (Fsp3) is 0.188. The van der Waals surface area contributed by atoms with Gasteiger partial charge in [-0.2, -0.15) is 0 Å². The molecule has 0 radical (unpaired) electrons. The number of amides is 1. The molecule has 0 unspecified atom stereocenters. The van der Waals surface area contributed by atoms with Crippen molar-refractivity contribution in [3.05, 3.63) is 63.3 Å². The molecule has 0 aliphatic heterocycles. The van der Waals surface area contributed by atoms with Gasteiger partial charge in [-0.3, -0.25) is 10.1 Å². The average Bonchev–Trinajstić information content (AvgIpc) is 3.21. The molecular weight excluding hydrogens is 314 g/mol. The Morgan fingerprint density at radius 1 is 1.18 bits per heavy atom. The first-order valence-corrected chi connectivity index (χ1v) is 8.70. The largest absolute Gasteiger partial charge is 0.296 e. The lowest BCUT2D eigenvalue weighted by atomic mass is 9.97. The molecule has 3 aromatic rings. The fourth-order valence-electron chi connectivity index (χ4n) is 2.23. The maximum atomic E-state index is 12.0. The molecule has 3 rings (SSSR count). The van der Waals surface area contributed by atoms with E-state index in [0.717, 1.165) is 11.4 Å². The molecule has 2 heterocycles. The smallest absolute Gasteiger partial charge is 0.267 e. The molecule has 6 heteroatoms. The first kappa shape index (κ1) is 14.9. The predicted molar refractivity (Wildman–Crippen MR) is 90.8 cm³/mol. The van der Waals surface area contributed by atoms with Gasteiger partial charge in [0, 0.05) is 5.92 Å². The summed E-state index contributed by atoms with van der Waals surface area (Å²) in [6.07, 6.45) is 0.942. The van der Waals surface area contributed by atoms with Crippen molar-refractivity contribution in [2.75, 3.05) is 5.32 Å². The molecule has 0 bridgehead atoms. The number of benzene rings is 1. The van der Waals surface area contributed by atoms with Crippen LogP contribution < -0.4 is 5.32 Å². The van der Waals surface area contributed by atoms with Crippen molar-refractivity contribution in [1.82, 2.24) is 10.2 Å². The summed E-state index contributed by atoms with van der Waals surface area (Å²) in [5.74, 6) is 0.0801. The van der Waals surface area contributed by atoms with Crippen LogP contribution >= 0.6 is 22.7 Å². The van der Waals surface area contributed by atoms with Gasteiger partial charge in [-0.25, -0.2) is 0 Å². The van der Waals surface area contributed by atoms with Crippen molar-refractivity contribution in [3.63, 3.8) is 0 Å². The lowest BCUT2D eigenvalue weighted by Crippen LogP contribution is -2.09. The molecule has 1 atom stereocenters. The number of anilines is 1. The first-order valence-electron chi connectivity index (χ1n) is 7.01. The third-order valence-corrected chi connectivity index (χ3v) is 5.14. The van der Waals surface area contributed by atoms with Crippen LogP contribution in [0, 0.1) is 0 Å². The second-order valence-corrected chi connectivity index (χ2v) is 6.71. The van der Waals surface area contributed by atoms with Gasteiger partial charge >= 0.3 is 0 Å². The Labute approximate surface area is 136 Å². The summed E-state index contributed by atoms with van der Waals surface area (Å²) in [5.41, 5.74) is 1.22. The lowest BCUT2D eigenvalue weighted by molar-refractivity contribution is 0.103. The van der Waals surface area contributed by atoms with E-state index in [9.17, 15) is 4.79 Å². The zero-order valence-corrected chi connectivity index (χ0v) is 13.7. The summed E-state index contributed by atoms with van der Waals surface area (Å²) in [5, 5.41) is 14.5. The van der Waals surface area contributed by atoms with Gasteiger partial charge in [-0.1, -0.05) is 54.7 Å². The van der Waals surface area contributed by atoms with E-state index in [-0.39, 0.29) is 11.8 Å². The number of nitrogens with one attached hydrogen (secondary N) is 1. The molecule has 4 nitrogen and oxygen atoms in total. The van der Waals surface area contributed by atoms with Crippen molar-refractivity contribution in [2.45, 2.75) is 19.3 Å². The minimum atomic E-state index is -0.134. The molecule has 112 valence electrons. The molecule has 0 aliphatic rings. The second kappa shape index (κ2) is 6.81. The Balaban J connectivity index is 1.77. The Kier molecular flexibility index (Phi) is 4.60. The predicted octanol–water partition coefficient (Wildman–Crippen LogP) is 4.39. The summed E-state index contributed by atoms with van der Waals surface area (Å²) >= 11 is 2.85. The van der Waals surface area contributed by atoms with Crippen LogP contribution in [0.15, 0.2) is 47.8 Å². The van der Waals surface area contributed by atoms with E-state index in [1.807, 2.05) is 29.6 Å². The number of aromatic nitrogens is 2. The van der Waals surface area contributed by atoms with Crippen molar-refractivity contribution in [1.29, 1.82) is 0 Å². The Morgan fingerprint density at radius 3 is 2.68 bits per heavy atom. The molecule has 1 amide bonds. The minimum Gasteiger partial charge on any atom is -0.296 e. The fourth-order valence-corrected chi connectivity index (χ4v) is 3.80. The van der Waals surface area contributed by atoms with Gasteiger partial charge in [0.2, 0.25) is 5.13 Å². The second-order valence-electron chi connectivity index (χ2n) is 4.75. The lowest BCUT2D eigenvalue weighted by Gasteiger charge is -2.10. The van der Waals surface area contributed by atoms with Crippen LogP contribution in [0.3, 0.4) is 0 Å². The molecular formula is C16H15N3OS2. The summed E-state index contributed by atoms with van der Waals surface area (Å²) in [6.45, 7) is 2.13. The zero-order valence-electron chi connectivity index (χ0n) is 12.0. The van der Waals surface area contributed by atoms with Gasteiger partial charge in [0.05, 0.1) is 4.88 Å². The number of carbonyl (C=O) groups is 1. The van der Waals surface area contributed by atoms with Gasteiger partial charge < -0.3 is 0 Å². The molecule has 0 saturated carbocycles. The molecule has 1 aromatic carbocycles. The Bertz CT molecular complexity index is 738. The summed E-state index contributed by atoms with van der Waals surface area (Å²) in [6, 6.07) is 13.9. The highest BCUT2D eigenvalue weighted by Crippen LogP contribution is 2.31. The van der Waals surface area contributed by atoms with E-state index in [1.165, 1.54) is 28.2 Å². The van der Waals surface area contributed by atoms with E-state index in [2.05, 4.69) is 34.6 Å². The third-order valence-electron chi connectivity index (χ3n) is 3.31. The highest BCUT2D eigenvalue weighted by molar-refractivity contribution is 7.15. The SMILES string of the molecule is CC[C@@H](c1ccccc1)c1nnc(NC(=O)c2cccs2)s1. The van der Waals surface area contributed by atoms with Crippen LogP contribution in [0.4, 0.5) is 5.13 Å². The van der Waals surface area contributed by atoms with Crippen molar-refractivity contribution in [2.24, 2.45) is 0 Å². The molecule has 0 spiro atoms. The van der Waals surface area contributed by atoms with Gasteiger partial charge in [-0.15, -0.1) is 21.5 Å². The standard InChI is InChI=1S/C16H15N3OS2/c1-2-12(11-7-4-3-5-8-11)15-18-19-16(22-15)17-14(20)13-9-6-10-21-13/h3-10,12H,2H2,1H3,(H,17,19,20)/t12-/m0/s1. The number of thiophene rings is 1. The van der Waals surface area contributed by atoms with Crippen LogP contribution in [0.2, 0.25) is 0 Å². The van der Waals surface area contributed by atoms with Gasteiger partial charge in [0.25, 0.3) is 5.91 Å². The van der Waals surface area contributed by atoms with Gasteiger partial charge in [0.1, 0.15) is 5.01 Å². The van der Waals surface area contributed by atoms with Crippen molar-refractivity contribution < 1.29 is 4.79 Å². The topological polar surface area (TPSA) is 54.9 Å². The highest BCUT2D eigenvalue weighted by Gasteiger charge is 2.18. The Morgan fingerprint density at radius 2 is 2.00 bits per heavy atom. The van der Waals surface area contributed by atoms with E-state index in [0.29, 0.717) is 10.0 Å². The molecule has 0 saturated heterocycles. The van der Waals surface area contributed by atoms with Crippen LogP contribution in [0.25, 0.3) is 0 Å². The van der Waals surface area contributed by atoms with Crippen LogP contribution in [0.1, 0.15) is 39.5 Å². The monoisotopic (exact) mass is 329 g/mol. The maximum Gasteiger partial charge on any atom is 0.267 e. The van der Waals surface area contributed by atoms with Crippen molar-refractivity contribution >= 4 is 33.7 Å². The highest BCUT2D eigenvalue weighted by atomic mass is 32.1. The molecule has 2 aromatic heterocycles. The van der Waals surface area contributed by atoms with Gasteiger partial charge in [-0.05, 0) is 23.4 Å². The molecule has 0 aliphatic carbocycles. The molecule has 22 heavy (non-hydrogen) atoms. The number of rotatable bonds is 5. The first-order chi connectivity index (χ1) is 10.8. The zero-order chi connectivity index (χ0) is 15.4. The maximum absolute atomic E-state index is 12.0. The van der Waals surface area contributed by atoms with E-state index < -0.39 is 0 Å². The quantitative estimate of drug-likeness (QED) is 0.755. The number of hydrogen-bond donors (Lipinski definition) is 1. The third kappa shape index (κ3) is 3.23. The minimum absolute atomic E-state index is 0.134. The summed E-state index contributed by atoms with van der Waals surface area (Å²) in [4.78, 5) is 12.7. The van der Waals surface area contributed by atoms with E-state index >= 15 is 0 Å². The van der Waals surface area contributed by atoms with Crippen LogP contribution in [-0.2, 0) is 0 Å². The number of hydrogen-bond acceptors (Lipinski definition) is 5. The molecule has 1 N–H and O–H groups in total. The van der Waals surface area contributed by atoms with Gasteiger partial charge in [0.15, 0.2) is 0 Å². The van der Waals surface area contributed by atoms with Crippen LogP contribution in [-0.4, -0.2) is 16.1 Å². The summed E-state index contributed by atoms with van der Waals surface area (Å²) in [7, 11) is 0. The number of nitrogens with zero attached hydrogens (tertiary/aromatic N) is 2. The normalized spacial score (nSPS) is 12.0. The average molecular weight is 329 g/mol. The Hall–Kier alpha value is -2.05.